The van der Waals surface area contributed by atoms with Gasteiger partial charge in [-0.05, 0) is 52.6 Å². The number of hydrogen-bond acceptors (Lipinski definition) is 5. The molecule has 2 bridgehead atoms. The number of aromatic nitrogens is 2. The second kappa shape index (κ2) is 5.30. The number of amides is 1. The lowest BCUT2D eigenvalue weighted by atomic mass is 9.97. The molecule has 1 N–H and O–H groups in total. The smallest absolute Gasteiger partial charge is 0.258 e. The molecule has 0 radical (unpaired) electrons. The number of pyridine rings is 1. The fourth-order valence-corrected chi connectivity index (χ4v) is 4.19. The molecule has 1 amide bonds. The van der Waals surface area contributed by atoms with E-state index in [1.54, 1.807) is 0 Å². The largest absolute Gasteiger partial charge is 0.349 e. The molecule has 2 unspecified atom stereocenters. The molecular formula is C17H22N4O2. The van der Waals surface area contributed by atoms with E-state index in [4.69, 9.17) is 4.52 Å². The van der Waals surface area contributed by atoms with E-state index in [0.717, 1.165) is 23.9 Å². The minimum Gasteiger partial charge on any atom is -0.349 e. The van der Waals surface area contributed by atoms with Crippen LogP contribution in [0.5, 0.6) is 0 Å². The summed E-state index contributed by atoms with van der Waals surface area (Å²) in [5.41, 5.74) is 2.54. The molecule has 0 aromatic carbocycles. The SMILES string of the molecule is Cc1cc(C(=O)NC2CC3CCC(C2)N3C)c2c(C)noc2n1. The number of carbonyl (C=O) groups excluding carboxylic acids is 1. The van der Waals surface area contributed by atoms with Crippen LogP contribution in [0.1, 0.15) is 47.4 Å². The second-order valence-corrected chi connectivity index (χ2v) is 6.95. The summed E-state index contributed by atoms with van der Waals surface area (Å²) in [6.07, 6.45) is 4.57. The van der Waals surface area contributed by atoms with E-state index in [0.29, 0.717) is 29.1 Å². The number of hydrogen-bond donors (Lipinski definition) is 1. The standard InChI is InChI=1S/C17H22N4O2/c1-9-6-14(15-10(2)20-23-17(15)18-9)16(22)19-11-7-12-4-5-13(8-11)21(12)3/h6,11-13H,4-5,7-8H2,1-3H3,(H,19,22). The van der Waals surface area contributed by atoms with Crippen molar-refractivity contribution < 1.29 is 9.32 Å². The highest BCUT2D eigenvalue weighted by Gasteiger charge is 2.39. The first kappa shape index (κ1) is 14.6. The molecule has 4 heterocycles. The van der Waals surface area contributed by atoms with Crippen LogP contribution in [0.25, 0.3) is 11.1 Å². The minimum absolute atomic E-state index is 0.0410. The van der Waals surface area contributed by atoms with Gasteiger partial charge in [-0.3, -0.25) is 4.79 Å². The highest BCUT2D eigenvalue weighted by Crippen LogP contribution is 2.34. The maximum atomic E-state index is 12.8. The van der Waals surface area contributed by atoms with Crippen LogP contribution in [0.15, 0.2) is 10.6 Å². The monoisotopic (exact) mass is 314 g/mol. The summed E-state index contributed by atoms with van der Waals surface area (Å²) in [4.78, 5) is 19.6. The Morgan fingerprint density at radius 2 is 2.00 bits per heavy atom. The Kier molecular flexibility index (Phi) is 3.37. The van der Waals surface area contributed by atoms with Gasteiger partial charge in [0.05, 0.1) is 16.6 Å². The van der Waals surface area contributed by atoms with Crippen molar-refractivity contribution in [1.82, 2.24) is 20.4 Å². The summed E-state index contributed by atoms with van der Waals surface area (Å²) in [6, 6.07) is 3.29. The Morgan fingerprint density at radius 1 is 1.30 bits per heavy atom. The van der Waals surface area contributed by atoms with Gasteiger partial charge in [0.1, 0.15) is 0 Å². The number of carbonyl (C=O) groups is 1. The third-order valence-corrected chi connectivity index (χ3v) is 5.42. The van der Waals surface area contributed by atoms with Gasteiger partial charge in [0.2, 0.25) is 0 Å². The van der Waals surface area contributed by atoms with Crippen molar-refractivity contribution >= 4 is 17.0 Å². The van der Waals surface area contributed by atoms with E-state index >= 15 is 0 Å². The lowest BCUT2D eigenvalue weighted by Crippen LogP contribution is -2.48. The van der Waals surface area contributed by atoms with Gasteiger partial charge in [-0.25, -0.2) is 4.98 Å². The molecule has 2 aromatic heterocycles. The zero-order valence-corrected chi connectivity index (χ0v) is 13.8. The minimum atomic E-state index is -0.0410. The molecule has 2 atom stereocenters. The van der Waals surface area contributed by atoms with Crippen LogP contribution in [-0.2, 0) is 0 Å². The van der Waals surface area contributed by atoms with Crippen LogP contribution >= 0.6 is 0 Å². The molecule has 0 saturated carbocycles. The van der Waals surface area contributed by atoms with Gasteiger partial charge in [0.15, 0.2) is 0 Å². The molecule has 2 aliphatic heterocycles. The molecule has 2 aliphatic rings. The lowest BCUT2D eigenvalue weighted by molar-refractivity contribution is 0.0884. The van der Waals surface area contributed by atoms with Crippen molar-refractivity contribution in [2.45, 2.75) is 57.7 Å². The van der Waals surface area contributed by atoms with Gasteiger partial charge in [0, 0.05) is 23.8 Å². The fraction of sp³-hybridized carbons (Fsp3) is 0.588. The van der Waals surface area contributed by atoms with Crippen molar-refractivity contribution in [3.05, 3.63) is 23.0 Å². The van der Waals surface area contributed by atoms with Crippen molar-refractivity contribution in [1.29, 1.82) is 0 Å². The summed E-state index contributed by atoms with van der Waals surface area (Å²) in [7, 11) is 2.21. The summed E-state index contributed by atoms with van der Waals surface area (Å²) >= 11 is 0. The van der Waals surface area contributed by atoms with E-state index in [2.05, 4.69) is 27.4 Å². The molecule has 0 aliphatic carbocycles. The Labute approximate surface area is 135 Å². The average Bonchev–Trinajstić information content (AvgIpc) is 2.95. The van der Waals surface area contributed by atoms with E-state index in [1.165, 1.54) is 12.8 Å². The number of rotatable bonds is 2. The Balaban J connectivity index is 1.59. The van der Waals surface area contributed by atoms with Crippen LogP contribution in [0.3, 0.4) is 0 Å². The van der Waals surface area contributed by atoms with Crippen molar-refractivity contribution in [3.8, 4) is 0 Å². The Morgan fingerprint density at radius 3 is 2.70 bits per heavy atom. The summed E-state index contributed by atoms with van der Waals surface area (Å²) in [5, 5.41) is 7.90. The quantitative estimate of drug-likeness (QED) is 0.920. The Hall–Kier alpha value is -1.95. The maximum absolute atomic E-state index is 12.8. The molecule has 4 rings (SSSR count). The van der Waals surface area contributed by atoms with E-state index in [-0.39, 0.29) is 11.9 Å². The number of nitrogens with zero attached hydrogens (tertiary/aromatic N) is 3. The molecule has 2 saturated heterocycles. The third-order valence-electron chi connectivity index (χ3n) is 5.42. The highest BCUT2D eigenvalue weighted by molar-refractivity contribution is 6.06. The van der Waals surface area contributed by atoms with E-state index < -0.39 is 0 Å². The van der Waals surface area contributed by atoms with Crippen molar-refractivity contribution in [3.63, 3.8) is 0 Å². The highest BCUT2D eigenvalue weighted by atomic mass is 16.5. The molecule has 6 heteroatoms. The van der Waals surface area contributed by atoms with Gasteiger partial charge < -0.3 is 14.7 Å². The number of nitrogens with one attached hydrogen (secondary N) is 1. The van der Waals surface area contributed by atoms with Gasteiger partial charge in [-0.15, -0.1) is 0 Å². The number of fused-ring (bicyclic) bond motifs is 3. The third kappa shape index (κ3) is 2.41. The first-order chi connectivity index (χ1) is 11.0. The van der Waals surface area contributed by atoms with Crippen LogP contribution in [0.2, 0.25) is 0 Å². The van der Waals surface area contributed by atoms with Crippen LogP contribution in [-0.4, -0.2) is 46.1 Å². The zero-order valence-electron chi connectivity index (χ0n) is 13.8. The van der Waals surface area contributed by atoms with Crippen LogP contribution in [0, 0.1) is 13.8 Å². The molecule has 0 spiro atoms. The first-order valence-electron chi connectivity index (χ1n) is 8.29. The molecule has 23 heavy (non-hydrogen) atoms. The van der Waals surface area contributed by atoms with E-state index in [9.17, 15) is 4.79 Å². The normalized spacial score (nSPS) is 27.5. The predicted octanol–water partition coefficient (Wildman–Crippen LogP) is 2.19. The van der Waals surface area contributed by atoms with Gasteiger partial charge >= 0.3 is 0 Å². The molecule has 122 valence electrons. The van der Waals surface area contributed by atoms with Crippen LogP contribution < -0.4 is 5.32 Å². The molecule has 6 nitrogen and oxygen atoms in total. The molecule has 2 aromatic rings. The first-order valence-corrected chi connectivity index (χ1v) is 8.29. The topological polar surface area (TPSA) is 71.3 Å². The molecule has 2 fully saturated rings. The number of aryl methyl sites for hydroxylation is 2. The average molecular weight is 314 g/mol. The van der Waals surface area contributed by atoms with Gasteiger partial charge in [-0.2, -0.15) is 0 Å². The lowest BCUT2D eigenvalue weighted by Gasteiger charge is -2.36. The maximum Gasteiger partial charge on any atom is 0.258 e. The van der Waals surface area contributed by atoms with Crippen molar-refractivity contribution in [2.75, 3.05) is 7.05 Å². The summed E-state index contributed by atoms with van der Waals surface area (Å²) < 4.78 is 5.22. The second-order valence-electron chi connectivity index (χ2n) is 6.95. The summed E-state index contributed by atoms with van der Waals surface area (Å²) in [5.74, 6) is -0.0410. The summed E-state index contributed by atoms with van der Waals surface area (Å²) in [6.45, 7) is 3.71. The van der Waals surface area contributed by atoms with Crippen molar-refractivity contribution in [2.24, 2.45) is 0 Å². The fourth-order valence-electron chi connectivity index (χ4n) is 4.19. The number of piperidine rings is 1. The van der Waals surface area contributed by atoms with Gasteiger partial charge in [0.25, 0.3) is 11.6 Å². The predicted molar refractivity (Wildman–Crippen MR) is 86.3 cm³/mol. The molecular weight excluding hydrogens is 292 g/mol. The zero-order chi connectivity index (χ0) is 16.1. The van der Waals surface area contributed by atoms with E-state index in [1.807, 2.05) is 19.9 Å². The van der Waals surface area contributed by atoms with Crippen LogP contribution in [0.4, 0.5) is 0 Å². The Bertz CT molecular complexity index is 755. The van der Waals surface area contributed by atoms with Gasteiger partial charge in [-0.1, -0.05) is 5.16 Å².